The van der Waals surface area contributed by atoms with Crippen LogP contribution in [0.3, 0.4) is 0 Å². The van der Waals surface area contributed by atoms with Crippen LogP contribution in [0.1, 0.15) is 26.3 Å². The van der Waals surface area contributed by atoms with E-state index < -0.39 is 23.8 Å². The Kier molecular flexibility index (Phi) is 4.93. The fourth-order valence-corrected chi connectivity index (χ4v) is 4.39. The van der Waals surface area contributed by atoms with Crippen molar-refractivity contribution in [1.29, 1.82) is 0 Å². The van der Waals surface area contributed by atoms with Crippen molar-refractivity contribution in [1.82, 2.24) is 4.58 Å². The highest BCUT2D eigenvalue weighted by Crippen LogP contribution is 2.41. The number of carbonyl (C=O) groups is 3. The molecule has 1 saturated heterocycles. The van der Waals surface area contributed by atoms with Gasteiger partial charge in [-0.1, -0.05) is 12.1 Å². The maximum Gasteiger partial charge on any atom is 0.336 e. The molecule has 2 aliphatic heterocycles. The Bertz CT molecular complexity index is 1560. The molecule has 0 radical (unpaired) electrons. The number of rotatable bonds is 4. The summed E-state index contributed by atoms with van der Waals surface area (Å²) in [4.78, 5) is 34.9. The second-order valence-corrected chi connectivity index (χ2v) is 8.47. The summed E-state index contributed by atoms with van der Waals surface area (Å²) in [5.74, 6) is -3.08. The van der Waals surface area contributed by atoms with Crippen LogP contribution in [0.25, 0.3) is 33.4 Å². The molecule has 1 fully saturated rings. The summed E-state index contributed by atoms with van der Waals surface area (Å²) in [6, 6.07) is 15.0. The van der Waals surface area contributed by atoms with Crippen LogP contribution in [0.2, 0.25) is 0 Å². The number of carboxylic acid groups (broad SMARTS) is 3. The molecule has 0 unspecified atom stereocenters. The quantitative estimate of drug-likeness (QED) is 0.316. The molecule has 8 heteroatoms. The number of benzene rings is 3. The minimum Gasteiger partial charge on any atom is -0.481 e. The zero-order valence-electron chi connectivity index (χ0n) is 18.1. The Hall–Kier alpha value is -4.46. The number of aliphatic carboxylic acids is 1. The third kappa shape index (κ3) is 3.49. The van der Waals surface area contributed by atoms with Crippen LogP contribution in [0.5, 0.6) is 0 Å². The number of hydrogen-bond donors (Lipinski definition) is 3. The SMILES string of the molecule is Cc1ccc2c(-c3cc(C(=O)O)ccc3C(=O)O)c3ccc(=[N+]4CC(C(=O)O)C4)cc-3oc2c1. The third-order valence-electron chi connectivity index (χ3n) is 6.22. The first-order chi connectivity index (χ1) is 16.2. The summed E-state index contributed by atoms with van der Waals surface area (Å²) in [6.07, 6.45) is 0. The molecule has 34 heavy (non-hydrogen) atoms. The second kappa shape index (κ2) is 7.84. The van der Waals surface area contributed by atoms with E-state index in [4.69, 9.17) is 4.42 Å². The van der Waals surface area contributed by atoms with Crippen molar-refractivity contribution in [2.45, 2.75) is 6.92 Å². The van der Waals surface area contributed by atoms with Crippen LogP contribution in [-0.4, -0.2) is 46.3 Å². The average molecular weight is 458 g/mol. The largest absolute Gasteiger partial charge is 0.481 e. The van der Waals surface area contributed by atoms with E-state index in [0.717, 1.165) is 10.9 Å². The first-order valence-corrected chi connectivity index (χ1v) is 10.6. The van der Waals surface area contributed by atoms with Gasteiger partial charge >= 0.3 is 17.9 Å². The first kappa shape index (κ1) is 21.4. The zero-order valence-corrected chi connectivity index (χ0v) is 18.1. The van der Waals surface area contributed by atoms with Gasteiger partial charge in [0.05, 0.1) is 17.2 Å². The van der Waals surface area contributed by atoms with E-state index in [1.807, 2.05) is 35.8 Å². The molecule has 2 heterocycles. The van der Waals surface area contributed by atoms with Crippen molar-refractivity contribution in [2.75, 3.05) is 13.1 Å². The highest BCUT2D eigenvalue weighted by molar-refractivity contribution is 6.08. The predicted octanol–water partition coefficient (Wildman–Crippen LogP) is 3.40. The molecule has 0 saturated carbocycles. The van der Waals surface area contributed by atoms with Gasteiger partial charge in [0.1, 0.15) is 11.3 Å². The number of aromatic carboxylic acids is 2. The predicted molar refractivity (Wildman–Crippen MR) is 123 cm³/mol. The lowest BCUT2D eigenvalue weighted by Crippen LogP contribution is -2.52. The van der Waals surface area contributed by atoms with Gasteiger partial charge < -0.3 is 19.7 Å². The monoisotopic (exact) mass is 458 g/mol. The molecular formula is C26H20NO7+. The number of fused-ring (bicyclic) bond motifs is 2. The van der Waals surface area contributed by atoms with E-state index in [1.54, 1.807) is 12.1 Å². The van der Waals surface area contributed by atoms with E-state index in [0.29, 0.717) is 40.9 Å². The van der Waals surface area contributed by atoms with Gasteiger partial charge in [0.15, 0.2) is 19.0 Å². The molecule has 2 aromatic rings. The summed E-state index contributed by atoms with van der Waals surface area (Å²) in [5, 5.41) is 30.0. The van der Waals surface area contributed by atoms with Crippen molar-refractivity contribution >= 4 is 28.9 Å². The van der Waals surface area contributed by atoms with Crippen LogP contribution in [0, 0.1) is 12.8 Å². The molecule has 2 aromatic carbocycles. The van der Waals surface area contributed by atoms with E-state index in [2.05, 4.69) is 0 Å². The molecule has 8 nitrogen and oxygen atoms in total. The Morgan fingerprint density at radius 2 is 1.65 bits per heavy atom. The first-order valence-electron chi connectivity index (χ1n) is 10.6. The van der Waals surface area contributed by atoms with Crippen LogP contribution >= 0.6 is 0 Å². The van der Waals surface area contributed by atoms with Crippen molar-refractivity contribution in [3.8, 4) is 22.5 Å². The fourth-order valence-electron chi connectivity index (χ4n) is 4.39. The molecule has 0 bridgehead atoms. The van der Waals surface area contributed by atoms with Crippen LogP contribution < -0.4 is 9.93 Å². The summed E-state index contributed by atoms with van der Waals surface area (Å²) in [6.45, 7) is 2.70. The van der Waals surface area contributed by atoms with Crippen LogP contribution in [0.4, 0.5) is 0 Å². The topological polar surface area (TPSA) is 128 Å². The number of carboxylic acids is 3. The molecule has 1 aliphatic carbocycles. The third-order valence-corrected chi connectivity index (χ3v) is 6.22. The van der Waals surface area contributed by atoms with E-state index >= 15 is 0 Å². The Morgan fingerprint density at radius 1 is 0.882 bits per heavy atom. The number of nitrogens with zero attached hydrogens (tertiary/aromatic N) is 1. The van der Waals surface area contributed by atoms with Gasteiger partial charge in [-0.15, -0.1) is 0 Å². The molecular weight excluding hydrogens is 438 g/mol. The smallest absolute Gasteiger partial charge is 0.336 e. The van der Waals surface area contributed by atoms with Crippen molar-refractivity contribution in [2.24, 2.45) is 5.92 Å². The molecule has 3 aliphatic rings. The molecule has 0 atom stereocenters. The van der Waals surface area contributed by atoms with Gasteiger partial charge in [-0.05, 0) is 48.4 Å². The van der Waals surface area contributed by atoms with Crippen molar-refractivity contribution < 1.29 is 34.1 Å². The van der Waals surface area contributed by atoms with Crippen LogP contribution in [-0.2, 0) is 4.79 Å². The lowest BCUT2D eigenvalue weighted by atomic mass is 9.89. The Labute approximate surface area is 193 Å². The van der Waals surface area contributed by atoms with E-state index in [-0.39, 0.29) is 16.7 Å². The van der Waals surface area contributed by atoms with Gasteiger partial charge in [-0.25, -0.2) is 14.2 Å². The van der Waals surface area contributed by atoms with E-state index in [1.165, 1.54) is 18.2 Å². The average Bonchev–Trinajstić information content (AvgIpc) is 2.75. The summed E-state index contributed by atoms with van der Waals surface area (Å²) < 4.78 is 8.13. The highest BCUT2D eigenvalue weighted by atomic mass is 16.4. The lowest BCUT2D eigenvalue weighted by Gasteiger charge is -2.20. The second-order valence-electron chi connectivity index (χ2n) is 8.47. The highest BCUT2D eigenvalue weighted by Gasteiger charge is 2.37. The fraction of sp³-hybridized carbons (Fsp3) is 0.154. The maximum atomic E-state index is 12.1. The number of aryl methyl sites for hydroxylation is 1. The summed E-state index contributed by atoms with van der Waals surface area (Å²) >= 11 is 0. The molecule has 0 aromatic heterocycles. The van der Waals surface area contributed by atoms with Gasteiger partial charge in [0, 0.05) is 22.6 Å². The molecule has 170 valence electrons. The summed E-state index contributed by atoms with van der Waals surface area (Å²) in [7, 11) is 0. The van der Waals surface area contributed by atoms with Crippen molar-refractivity contribution in [3.05, 3.63) is 76.6 Å². The molecule has 5 rings (SSSR count). The van der Waals surface area contributed by atoms with Gasteiger partial charge in [-0.3, -0.25) is 4.79 Å². The van der Waals surface area contributed by atoms with Gasteiger partial charge in [0.25, 0.3) is 0 Å². The van der Waals surface area contributed by atoms with E-state index in [9.17, 15) is 29.7 Å². The normalized spacial score (nSPS) is 15.3. The minimum atomic E-state index is -1.17. The lowest BCUT2D eigenvalue weighted by molar-refractivity contribution is -0.143. The molecule has 0 amide bonds. The van der Waals surface area contributed by atoms with Gasteiger partial charge in [-0.2, -0.15) is 0 Å². The Morgan fingerprint density at radius 3 is 2.32 bits per heavy atom. The minimum absolute atomic E-state index is 0.0181. The van der Waals surface area contributed by atoms with Crippen molar-refractivity contribution in [3.63, 3.8) is 0 Å². The zero-order chi connectivity index (χ0) is 24.1. The maximum absolute atomic E-state index is 12.1. The summed E-state index contributed by atoms with van der Waals surface area (Å²) in [5.41, 5.74) is 2.91. The molecule has 3 N–H and O–H groups in total. The standard InChI is InChI=1S/C26H19NO7/c1-13-2-5-18-21(8-13)34-22-10-16(27-11-15(12-27)25(30)31)4-7-19(22)23(18)20-9-14(24(28)29)3-6-17(20)26(32)33/h2-10,15H,11-12H2,1H3,(H2-,28,29,30,31,32,33)/p+1. The molecule has 0 spiro atoms. The Balaban J connectivity index is 1.84. The number of hydrogen-bond acceptors (Lipinski definition) is 4. The van der Waals surface area contributed by atoms with Crippen LogP contribution in [0.15, 0.2) is 59.0 Å². The van der Waals surface area contributed by atoms with Gasteiger partial charge in [0.2, 0.25) is 5.36 Å².